The Balaban J connectivity index is 1.68. The van der Waals surface area contributed by atoms with E-state index in [0.29, 0.717) is 11.5 Å². The molecule has 0 amide bonds. The smallest absolute Gasteiger partial charge is 0.191 e. The Morgan fingerprint density at radius 1 is 1.28 bits per heavy atom. The van der Waals surface area contributed by atoms with Crippen LogP contribution in [0.4, 0.5) is 0 Å². The maximum atomic E-state index is 5.60. The van der Waals surface area contributed by atoms with Gasteiger partial charge < -0.3 is 15.4 Å². The molecule has 0 aromatic heterocycles. The van der Waals surface area contributed by atoms with Crippen LogP contribution in [-0.2, 0) is 4.74 Å². The predicted octanol–water partition coefficient (Wildman–Crippen LogP) is 1.91. The average molecular weight is 253 g/mol. The summed E-state index contributed by atoms with van der Waals surface area (Å²) < 4.78 is 5.60. The van der Waals surface area contributed by atoms with Gasteiger partial charge in [-0.2, -0.15) is 0 Å². The highest BCUT2D eigenvalue weighted by atomic mass is 16.5. The second-order valence-corrected chi connectivity index (χ2v) is 5.96. The lowest BCUT2D eigenvalue weighted by Crippen LogP contribution is -2.44. The minimum Gasteiger partial charge on any atom is -0.376 e. The first-order chi connectivity index (χ1) is 8.72. The van der Waals surface area contributed by atoms with Gasteiger partial charge in [-0.3, -0.25) is 4.99 Å². The van der Waals surface area contributed by atoms with Crippen molar-refractivity contribution in [1.82, 2.24) is 10.6 Å². The molecule has 4 nitrogen and oxygen atoms in total. The third-order valence-corrected chi connectivity index (χ3v) is 4.24. The van der Waals surface area contributed by atoms with Crippen molar-refractivity contribution in [2.24, 2.45) is 10.4 Å². The Labute approximate surface area is 111 Å². The second kappa shape index (κ2) is 6.41. The van der Waals surface area contributed by atoms with Crippen molar-refractivity contribution in [3.63, 3.8) is 0 Å². The van der Waals surface area contributed by atoms with Gasteiger partial charge in [-0.1, -0.05) is 19.8 Å². The summed E-state index contributed by atoms with van der Waals surface area (Å²) >= 11 is 0. The molecule has 1 atom stereocenters. The lowest BCUT2D eigenvalue weighted by Gasteiger charge is -2.25. The van der Waals surface area contributed by atoms with Crippen LogP contribution in [0.5, 0.6) is 0 Å². The molecule has 1 aliphatic carbocycles. The summed E-state index contributed by atoms with van der Waals surface area (Å²) in [5.74, 6) is 0.915. The Kier molecular flexibility index (Phi) is 4.87. The van der Waals surface area contributed by atoms with Crippen LogP contribution in [0, 0.1) is 5.41 Å². The number of aliphatic imine (C=N–C) groups is 1. The van der Waals surface area contributed by atoms with E-state index in [1.807, 2.05) is 7.05 Å². The highest BCUT2D eigenvalue weighted by molar-refractivity contribution is 5.79. The minimum absolute atomic E-state index is 0.366. The molecule has 0 spiro atoms. The van der Waals surface area contributed by atoms with Gasteiger partial charge in [0.05, 0.1) is 6.10 Å². The number of rotatable bonds is 4. The molecule has 1 saturated carbocycles. The van der Waals surface area contributed by atoms with E-state index in [9.17, 15) is 0 Å². The van der Waals surface area contributed by atoms with Crippen molar-refractivity contribution in [3.8, 4) is 0 Å². The van der Waals surface area contributed by atoms with Gasteiger partial charge in [0.25, 0.3) is 0 Å². The van der Waals surface area contributed by atoms with Gasteiger partial charge in [0.1, 0.15) is 0 Å². The summed E-state index contributed by atoms with van der Waals surface area (Å²) in [6.45, 7) is 5.19. The fourth-order valence-corrected chi connectivity index (χ4v) is 2.94. The first-order valence-corrected chi connectivity index (χ1v) is 7.28. The van der Waals surface area contributed by atoms with Crippen LogP contribution in [-0.4, -0.2) is 38.8 Å². The Morgan fingerprint density at radius 2 is 2.06 bits per heavy atom. The molecule has 2 aliphatic rings. The summed E-state index contributed by atoms with van der Waals surface area (Å²) in [7, 11) is 1.84. The SMILES string of the molecule is CN=C(NCC1CCCO1)NCC1(C)CCCC1. The highest BCUT2D eigenvalue weighted by Gasteiger charge is 2.28. The van der Waals surface area contributed by atoms with Crippen LogP contribution in [0.25, 0.3) is 0 Å². The highest BCUT2D eigenvalue weighted by Crippen LogP contribution is 2.36. The predicted molar refractivity (Wildman–Crippen MR) is 74.9 cm³/mol. The lowest BCUT2D eigenvalue weighted by molar-refractivity contribution is 0.113. The zero-order chi connectivity index (χ0) is 12.8. The van der Waals surface area contributed by atoms with Crippen molar-refractivity contribution >= 4 is 5.96 Å². The maximum Gasteiger partial charge on any atom is 0.191 e. The molecule has 0 radical (unpaired) electrons. The summed E-state index contributed by atoms with van der Waals surface area (Å²) in [5.41, 5.74) is 0.460. The fourth-order valence-electron chi connectivity index (χ4n) is 2.94. The van der Waals surface area contributed by atoms with E-state index >= 15 is 0 Å². The molecule has 0 aromatic carbocycles. The van der Waals surface area contributed by atoms with Crippen LogP contribution in [0.2, 0.25) is 0 Å². The molecule has 1 aliphatic heterocycles. The summed E-state index contributed by atoms with van der Waals surface area (Å²) in [6, 6.07) is 0. The Morgan fingerprint density at radius 3 is 2.67 bits per heavy atom. The van der Waals surface area contributed by atoms with Gasteiger partial charge in [-0.15, -0.1) is 0 Å². The van der Waals surface area contributed by atoms with Crippen molar-refractivity contribution in [2.75, 3.05) is 26.7 Å². The largest absolute Gasteiger partial charge is 0.376 e. The number of hydrogen-bond donors (Lipinski definition) is 2. The van der Waals surface area contributed by atoms with Gasteiger partial charge in [-0.05, 0) is 31.1 Å². The number of nitrogens with zero attached hydrogens (tertiary/aromatic N) is 1. The minimum atomic E-state index is 0.366. The molecule has 4 heteroatoms. The van der Waals surface area contributed by atoms with Gasteiger partial charge >= 0.3 is 0 Å². The van der Waals surface area contributed by atoms with Crippen molar-refractivity contribution in [3.05, 3.63) is 0 Å². The van der Waals surface area contributed by atoms with Crippen LogP contribution >= 0.6 is 0 Å². The van der Waals surface area contributed by atoms with Crippen LogP contribution in [0.3, 0.4) is 0 Å². The zero-order valence-electron chi connectivity index (χ0n) is 11.8. The lowest BCUT2D eigenvalue weighted by atomic mass is 9.89. The molecule has 2 fully saturated rings. The Hall–Kier alpha value is -0.770. The molecule has 1 heterocycles. The van der Waals surface area contributed by atoms with E-state index < -0.39 is 0 Å². The van der Waals surface area contributed by atoms with Gasteiger partial charge in [0, 0.05) is 26.7 Å². The molecular formula is C14H27N3O. The molecule has 2 rings (SSSR count). The summed E-state index contributed by atoms with van der Waals surface area (Å²) in [4.78, 5) is 4.28. The first kappa shape index (κ1) is 13.7. The Bertz CT molecular complexity index is 279. The van der Waals surface area contributed by atoms with E-state index in [1.165, 1.54) is 38.5 Å². The van der Waals surface area contributed by atoms with Crippen LogP contribution < -0.4 is 10.6 Å². The van der Waals surface area contributed by atoms with E-state index in [-0.39, 0.29) is 0 Å². The zero-order valence-corrected chi connectivity index (χ0v) is 11.8. The van der Waals surface area contributed by atoms with Gasteiger partial charge in [-0.25, -0.2) is 0 Å². The monoisotopic (exact) mass is 253 g/mol. The van der Waals surface area contributed by atoms with Crippen molar-refractivity contribution < 1.29 is 4.74 Å². The topological polar surface area (TPSA) is 45.7 Å². The van der Waals surface area contributed by atoms with Crippen LogP contribution in [0.15, 0.2) is 4.99 Å². The van der Waals surface area contributed by atoms with E-state index in [1.54, 1.807) is 0 Å². The molecule has 0 bridgehead atoms. The molecule has 104 valence electrons. The first-order valence-electron chi connectivity index (χ1n) is 7.28. The van der Waals surface area contributed by atoms with E-state index in [2.05, 4.69) is 22.5 Å². The molecule has 1 unspecified atom stereocenters. The van der Waals surface area contributed by atoms with Crippen molar-refractivity contribution in [1.29, 1.82) is 0 Å². The third-order valence-electron chi connectivity index (χ3n) is 4.24. The molecule has 18 heavy (non-hydrogen) atoms. The van der Waals surface area contributed by atoms with Gasteiger partial charge in [0.15, 0.2) is 5.96 Å². The summed E-state index contributed by atoms with van der Waals surface area (Å²) in [6.07, 6.45) is 8.15. The average Bonchev–Trinajstić information content (AvgIpc) is 3.01. The summed E-state index contributed by atoms with van der Waals surface area (Å²) in [5, 5.41) is 6.83. The maximum absolute atomic E-state index is 5.60. The molecule has 1 saturated heterocycles. The second-order valence-electron chi connectivity index (χ2n) is 5.96. The van der Waals surface area contributed by atoms with E-state index in [0.717, 1.165) is 25.7 Å². The quantitative estimate of drug-likeness (QED) is 0.594. The number of guanidine groups is 1. The number of hydrogen-bond acceptors (Lipinski definition) is 2. The number of ether oxygens (including phenoxy) is 1. The third kappa shape index (κ3) is 3.87. The molecule has 2 N–H and O–H groups in total. The molecular weight excluding hydrogens is 226 g/mol. The van der Waals surface area contributed by atoms with Crippen molar-refractivity contribution in [2.45, 2.75) is 51.6 Å². The van der Waals surface area contributed by atoms with Crippen LogP contribution in [0.1, 0.15) is 45.4 Å². The normalized spacial score (nSPS) is 27.4. The number of nitrogens with one attached hydrogen (secondary N) is 2. The standard InChI is InChI=1S/C14H27N3O/c1-14(7-3-4-8-14)11-17-13(15-2)16-10-12-6-5-9-18-12/h12H,3-11H2,1-2H3,(H2,15,16,17). The fraction of sp³-hybridized carbons (Fsp3) is 0.929. The van der Waals surface area contributed by atoms with E-state index in [4.69, 9.17) is 4.74 Å². The molecule has 0 aromatic rings. The van der Waals surface area contributed by atoms with Gasteiger partial charge in [0.2, 0.25) is 0 Å².